The second-order valence-electron chi connectivity index (χ2n) is 6.81. The predicted octanol–water partition coefficient (Wildman–Crippen LogP) is 1.54. The minimum absolute atomic E-state index is 0.0417. The van der Waals surface area contributed by atoms with Crippen molar-refractivity contribution in [3.8, 4) is 11.5 Å². The summed E-state index contributed by atoms with van der Waals surface area (Å²) in [4.78, 5) is 46.0. The van der Waals surface area contributed by atoms with Gasteiger partial charge in [0.05, 0.1) is 5.92 Å². The number of carbonyl (C=O) groups excluding carboxylic acids is 4. The van der Waals surface area contributed by atoms with Gasteiger partial charge in [-0.1, -0.05) is 19.9 Å². The number of nitrogens with two attached hydrogens (primary N) is 1. The highest BCUT2D eigenvalue weighted by atomic mass is 16.6. The van der Waals surface area contributed by atoms with Crippen molar-refractivity contribution < 1.29 is 38.1 Å². The molecule has 0 bridgehead atoms. The van der Waals surface area contributed by atoms with Crippen molar-refractivity contribution in [3.05, 3.63) is 23.8 Å². The number of benzene rings is 1. The molecule has 0 aromatic heterocycles. The van der Waals surface area contributed by atoms with Gasteiger partial charge in [0.2, 0.25) is 0 Å². The molecule has 0 aliphatic rings. The fraction of sp³-hybridized carbons (Fsp3) is 0.500. The van der Waals surface area contributed by atoms with Gasteiger partial charge in [-0.2, -0.15) is 0 Å². The molecule has 2 atom stereocenters. The third kappa shape index (κ3) is 8.73. The minimum Gasteiger partial charge on any atom is -0.461 e. The lowest BCUT2D eigenvalue weighted by atomic mass is 10.1. The van der Waals surface area contributed by atoms with E-state index in [1.54, 1.807) is 26.8 Å². The van der Waals surface area contributed by atoms with E-state index in [2.05, 4.69) is 0 Å². The van der Waals surface area contributed by atoms with Crippen LogP contribution in [0.25, 0.3) is 0 Å². The molecular weight excluding hydrogens is 382 g/mol. The summed E-state index contributed by atoms with van der Waals surface area (Å²) in [6.07, 6.45) is -0.507. The molecule has 0 amide bonds. The first-order valence-electron chi connectivity index (χ1n) is 9.12. The van der Waals surface area contributed by atoms with E-state index < -0.39 is 30.1 Å². The number of esters is 4. The Balaban J connectivity index is 2.71. The maximum atomic E-state index is 12.1. The minimum atomic E-state index is -0.993. The molecule has 0 fully saturated rings. The standard InChI is InChI=1S/C20H27NO8/c1-11(2)19(24)27-12(3)10-26-20(25)16(21)8-15-6-7-17(28-13(4)22)18(9-15)29-14(5)23/h6-7,9,11-12,16H,8,10,21H2,1-5H3/t12-,16-/m0/s1. The first-order valence-corrected chi connectivity index (χ1v) is 9.12. The van der Waals surface area contributed by atoms with Crippen LogP contribution in [-0.2, 0) is 35.1 Å². The van der Waals surface area contributed by atoms with Gasteiger partial charge in [0.1, 0.15) is 18.8 Å². The average Bonchev–Trinajstić information content (AvgIpc) is 2.60. The van der Waals surface area contributed by atoms with E-state index in [-0.39, 0.29) is 36.4 Å². The molecular formula is C20H27NO8. The van der Waals surface area contributed by atoms with Crippen molar-refractivity contribution >= 4 is 23.9 Å². The van der Waals surface area contributed by atoms with Crippen LogP contribution in [0.4, 0.5) is 0 Å². The average molecular weight is 409 g/mol. The number of rotatable bonds is 9. The zero-order chi connectivity index (χ0) is 22.1. The molecule has 1 rings (SSSR count). The Morgan fingerprint density at radius 3 is 2.07 bits per heavy atom. The molecule has 0 spiro atoms. The van der Waals surface area contributed by atoms with Crippen LogP contribution >= 0.6 is 0 Å². The predicted molar refractivity (Wildman–Crippen MR) is 102 cm³/mol. The Labute approximate surface area is 169 Å². The number of hydrogen-bond donors (Lipinski definition) is 1. The maximum Gasteiger partial charge on any atom is 0.323 e. The second kappa shape index (κ2) is 11.2. The summed E-state index contributed by atoms with van der Waals surface area (Å²) in [5.41, 5.74) is 6.45. The van der Waals surface area contributed by atoms with Crippen LogP contribution in [-0.4, -0.2) is 42.6 Å². The van der Waals surface area contributed by atoms with E-state index in [9.17, 15) is 19.2 Å². The van der Waals surface area contributed by atoms with Gasteiger partial charge in [0, 0.05) is 13.8 Å². The topological polar surface area (TPSA) is 131 Å². The molecule has 0 heterocycles. The highest BCUT2D eigenvalue weighted by Gasteiger charge is 2.20. The molecule has 2 N–H and O–H groups in total. The van der Waals surface area contributed by atoms with Crippen molar-refractivity contribution in [1.82, 2.24) is 0 Å². The highest BCUT2D eigenvalue weighted by Crippen LogP contribution is 2.29. The third-order valence-corrected chi connectivity index (χ3v) is 3.52. The molecule has 0 radical (unpaired) electrons. The van der Waals surface area contributed by atoms with Crippen molar-refractivity contribution in [1.29, 1.82) is 0 Å². The molecule has 0 aliphatic heterocycles. The molecule has 29 heavy (non-hydrogen) atoms. The summed E-state index contributed by atoms with van der Waals surface area (Å²) >= 11 is 0. The lowest BCUT2D eigenvalue weighted by Gasteiger charge is -2.17. The maximum absolute atomic E-state index is 12.1. The molecule has 1 aromatic carbocycles. The van der Waals surface area contributed by atoms with Crippen LogP contribution in [0.1, 0.15) is 40.2 Å². The summed E-state index contributed by atoms with van der Waals surface area (Å²) in [6.45, 7) is 7.33. The molecule has 0 aliphatic carbocycles. The summed E-state index contributed by atoms with van der Waals surface area (Å²) in [6, 6.07) is 3.50. The van der Waals surface area contributed by atoms with Gasteiger partial charge in [-0.15, -0.1) is 0 Å². The molecule has 160 valence electrons. The summed E-state index contributed by atoms with van der Waals surface area (Å²) in [5, 5.41) is 0. The molecule has 9 heteroatoms. The lowest BCUT2D eigenvalue weighted by molar-refractivity contribution is -0.161. The van der Waals surface area contributed by atoms with Crippen LogP contribution in [0.5, 0.6) is 11.5 Å². The zero-order valence-corrected chi connectivity index (χ0v) is 17.2. The monoisotopic (exact) mass is 409 g/mol. The normalized spacial score (nSPS) is 12.7. The highest BCUT2D eigenvalue weighted by molar-refractivity contribution is 5.76. The van der Waals surface area contributed by atoms with Gasteiger partial charge in [0.25, 0.3) is 0 Å². The molecule has 1 aromatic rings. The Morgan fingerprint density at radius 1 is 0.931 bits per heavy atom. The van der Waals surface area contributed by atoms with Gasteiger partial charge in [-0.05, 0) is 31.0 Å². The molecule has 0 unspecified atom stereocenters. The van der Waals surface area contributed by atoms with Crippen molar-refractivity contribution in [3.63, 3.8) is 0 Å². The Bertz CT molecular complexity index is 759. The fourth-order valence-corrected chi connectivity index (χ4v) is 2.17. The first kappa shape index (κ1) is 24.1. The fourth-order valence-electron chi connectivity index (χ4n) is 2.17. The molecule has 9 nitrogen and oxygen atoms in total. The van der Waals surface area contributed by atoms with E-state index in [0.717, 1.165) is 0 Å². The van der Waals surface area contributed by atoms with E-state index in [1.807, 2.05) is 0 Å². The first-order chi connectivity index (χ1) is 13.5. The number of ether oxygens (including phenoxy) is 4. The van der Waals surface area contributed by atoms with E-state index in [1.165, 1.54) is 26.0 Å². The second-order valence-corrected chi connectivity index (χ2v) is 6.81. The SMILES string of the molecule is CC(=O)Oc1ccc(C[C@H](N)C(=O)OC[C@H](C)OC(=O)C(C)C)cc1OC(C)=O. The van der Waals surface area contributed by atoms with Gasteiger partial charge in [-0.25, -0.2) is 0 Å². The van der Waals surface area contributed by atoms with Gasteiger partial charge in [-0.3, -0.25) is 19.2 Å². The molecule has 0 saturated heterocycles. The van der Waals surface area contributed by atoms with Crippen LogP contribution in [0, 0.1) is 5.92 Å². The van der Waals surface area contributed by atoms with Crippen molar-refractivity contribution in [2.75, 3.05) is 6.61 Å². The number of carbonyl (C=O) groups is 4. The largest absolute Gasteiger partial charge is 0.461 e. The van der Waals surface area contributed by atoms with Crippen molar-refractivity contribution in [2.24, 2.45) is 11.7 Å². The van der Waals surface area contributed by atoms with Gasteiger partial charge >= 0.3 is 23.9 Å². The van der Waals surface area contributed by atoms with Gasteiger partial charge in [0.15, 0.2) is 11.5 Å². The lowest BCUT2D eigenvalue weighted by Crippen LogP contribution is -2.36. The Morgan fingerprint density at radius 2 is 1.52 bits per heavy atom. The van der Waals surface area contributed by atoms with E-state index >= 15 is 0 Å². The van der Waals surface area contributed by atoms with Crippen LogP contribution < -0.4 is 15.2 Å². The summed E-state index contributed by atoms with van der Waals surface area (Å²) < 4.78 is 20.2. The zero-order valence-electron chi connectivity index (χ0n) is 17.2. The van der Waals surface area contributed by atoms with Gasteiger partial charge < -0.3 is 24.7 Å². The van der Waals surface area contributed by atoms with Crippen LogP contribution in [0.15, 0.2) is 18.2 Å². The summed E-state index contributed by atoms with van der Waals surface area (Å²) in [7, 11) is 0. The van der Waals surface area contributed by atoms with E-state index in [4.69, 9.17) is 24.7 Å². The van der Waals surface area contributed by atoms with Crippen LogP contribution in [0.3, 0.4) is 0 Å². The van der Waals surface area contributed by atoms with E-state index in [0.29, 0.717) is 5.56 Å². The summed E-state index contributed by atoms with van der Waals surface area (Å²) in [5.74, 6) is -2.38. The smallest absolute Gasteiger partial charge is 0.323 e. The van der Waals surface area contributed by atoms with Crippen LogP contribution in [0.2, 0.25) is 0 Å². The molecule has 0 saturated carbocycles. The van der Waals surface area contributed by atoms with Crippen molar-refractivity contribution in [2.45, 2.75) is 53.2 Å². The Kier molecular flexibility index (Phi) is 9.27. The Hall–Kier alpha value is -2.94. The third-order valence-electron chi connectivity index (χ3n) is 3.52. The quantitative estimate of drug-likeness (QED) is 0.476. The number of hydrogen-bond acceptors (Lipinski definition) is 9.